The van der Waals surface area contributed by atoms with Gasteiger partial charge in [-0.25, -0.2) is 4.79 Å². The number of rotatable bonds is 4. The van der Waals surface area contributed by atoms with E-state index in [1.165, 1.54) is 18.4 Å². The van der Waals surface area contributed by atoms with Crippen LogP contribution in [0.3, 0.4) is 0 Å². The number of hydrogen-bond donors (Lipinski definition) is 1. The third-order valence-electron chi connectivity index (χ3n) is 4.11. The Morgan fingerprint density at radius 1 is 1.21 bits per heavy atom. The zero-order valence-corrected chi connectivity index (χ0v) is 16.2. The Labute approximate surface area is 156 Å². The highest BCUT2D eigenvalue weighted by molar-refractivity contribution is 9.11. The van der Waals surface area contributed by atoms with Crippen LogP contribution in [0, 0.1) is 0 Å². The molecule has 1 aromatic carbocycles. The van der Waals surface area contributed by atoms with E-state index in [0.717, 1.165) is 23.7 Å². The largest absolute Gasteiger partial charge is 0.421 e. The molecule has 1 aliphatic rings. The molecule has 126 valence electrons. The Kier molecular flexibility index (Phi) is 5.56. The molecular formula is C18H17Br2NO3. The van der Waals surface area contributed by atoms with E-state index in [-0.39, 0.29) is 5.56 Å². The van der Waals surface area contributed by atoms with Gasteiger partial charge in [0.25, 0.3) is 5.91 Å². The Hall–Kier alpha value is -1.40. The first kappa shape index (κ1) is 17.4. The van der Waals surface area contributed by atoms with Crippen LogP contribution in [0.15, 0.2) is 48.0 Å². The van der Waals surface area contributed by atoms with Crippen LogP contribution < -0.4 is 10.9 Å². The number of allylic oxidation sites excluding steroid dienone is 1. The van der Waals surface area contributed by atoms with Crippen molar-refractivity contribution in [2.75, 3.05) is 6.54 Å². The fraction of sp³-hybridized carbons (Fsp3) is 0.333. The number of fused-ring (bicyclic) bond motifs is 1. The van der Waals surface area contributed by atoms with Gasteiger partial charge in [-0.2, -0.15) is 0 Å². The first-order chi connectivity index (χ1) is 11.5. The zero-order valence-electron chi connectivity index (χ0n) is 13.0. The van der Waals surface area contributed by atoms with Crippen LogP contribution in [0.5, 0.6) is 0 Å². The van der Waals surface area contributed by atoms with Gasteiger partial charge in [-0.05, 0) is 66.2 Å². The van der Waals surface area contributed by atoms with Crippen LogP contribution in [0.4, 0.5) is 0 Å². The topological polar surface area (TPSA) is 59.3 Å². The van der Waals surface area contributed by atoms with Crippen molar-refractivity contribution < 1.29 is 9.21 Å². The van der Waals surface area contributed by atoms with E-state index in [1.807, 2.05) is 6.07 Å². The lowest BCUT2D eigenvalue weighted by molar-refractivity contribution is 0.0950. The molecule has 0 saturated carbocycles. The first-order valence-corrected chi connectivity index (χ1v) is 9.52. The summed E-state index contributed by atoms with van der Waals surface area (Å²) in [5, 5.41) is 3.51. The zero-order chi connectivity index (χ0) is 17.1. The second-order valence-electron chi connectivity index (χ2n) is 5.87. The van der Waals surface area contributed by atoms with E-state index in [4.69, 9.17) is 4.42 Å². The van der Waals surface area contributed by atoms with Gasteiger partial charge in [0.15, 0.2) is 5.58 Å². The number of amides is 1. The SMILES string of the molecule is O=C(NCCC1=CCCCC1)c1cc2cc(Br)cc(Br)c2oc1=O. The Bertz CT molecular complexity index is 870. The molecule has 0 aliphatic heterocycles. The summed E-state index contributed by atoms with van der Waals surface area (Å²) in [5.41, 5.74) is 1.23. The van der Waals surface area contributed by atoms with Crippen LogP contribution in [0.25, 0.3) is 11.0 Å². The van der Waals surface area contributed by atoms with Gasteiger partial charge in [0.2, 0.25) is 0 Å². The van der Waals surface area contributed by atoms with Gasteiger partial charge in [-0.15, -0.1) is 0 Å². The van der Waals surface area contributed by atoms with Crippen molar-refractivity contribution in [3.63, 3.8) is 0 Å². The molecule has 0 saturated heterocycles. The van der Waals surface area contributed by atoms with E-state index >= 15 is 0 Å². The second-order valence-corrected chi connectivity index (χ2v) is 7.64. The highest BCUT2D eigenvalue weighted by atomic mass is 79.9. The van der Waals surface area contributed by atoms with E-state index in [1.54, 1.807) is 12.1 Å². The van der Waals surface area contributed by atoms with Gasteiger partial charge < -0.3 is 9.73 Å². The molecule has 6 heteroatoms. The predicted molar refractivity (Wildman–Crippen MR) is 101 cm³/mol. The lowest BCUT2D eigenvalue weighted by Crippen LogP contribution is -2.29. The van der Waals surface area contributed by atoms with Crippen LogP contribution >= 0.6 is 31.9 Å². The summed E-state index contributed by atoms with van der Waals surface area (Å²) < 4.78 is 6.81. The number of nitrogens with one attached hydrogen (secondary N) is 1. The minimum atomic E-state index is -0.625. The maximum atomic E-state index is 12.3. The quantitative estimate of drug-likeness (QED) is 0.525. The average Bonchev–Trinajstić information content (AvgIpc) is 2.56. The molecule has 1 aliphatic carbocycles. The van der Waals surface area contributed by atoms with Crippen molar-refractivity contribution in [3.8, 4) is 0 Å². The number of halogens is 2. The van der Waals surface area contributed by atoms with Crippen molar-refractivity contribution >= 4 is 48.7 Å². The molecule has 1 amide bonds. The van der Waals surface area contributed by atoms with Crippen molar-refractivity contribution in [1.82, 2.24) is 5.32 Å². The maximum Gasteiger partial charge on any atom is 0.349 e. The van der Waals surface area contributed by atoms with Crippen LogP contribution in [0.2, 0.25) is 0 Å². The van der Waals surface area contributed by atoms with Gasteiger partial charge >= 0.3 is 5.63 Å². The number of hydrogen-bond acceptors (Lipinski definition) is 3. The third-order valence-corrected chi connectivity index (χ3v) is 5.16. The molecule has 1 heterocycles. The molecule has 1 aromatic heterocycles. The summed E-state index contributed by atoms with van der Waals surface area (Å²) in [6.45, 7) is 0.532. The molecule has 0 spiro atoms. The lowest BCUT2D eigenvalue weighted by atomic mass is 9.97. The minimum absolute atomic E-state index is 0.0325. The van der Waals surface area contributed by atoms with Gasteiger partial charge in [0.05, 0.1) is 4.47 Å². The monoisotopic (exact) mass is 453 g/mol. The van der Waals surface area contributed by atoms with Crippen LogP contribution in [0.1, 0.15) is 42.5 Å². The Morgan fingerprint density at radius 3 is 2.79 bits per heavy atom. The molecule has 0 atom stereocenters. The highest BCUT2D eigenvalue weighted by Crippen LogP contribution is 2.28. The van der Waals surface area contributed by atoms with Crippen molar-refractivity contribution in [2.45, 2.75) is 32.1 Å². The van der Waals surface area contributed by atoms with Gasteiger partial charge in [0.1, 0.15) is 5.56 Å². The summed E-state index contributed by atoms with van der Waals surface area (Å²) >= 11 is 6.75. The predicted octanol–water partition coefficient (Wildman–Crippen LogP) is 4.94. The van der Waals surface area contributed by atoms with Crippen LogP contribution in [-0.4, -0.2) is 12.5 Å². The van der Waals surface area contributed by atoms with E-state index in [9.17, 15) is 9.59 Å². The molecule has 24 heavy (non-hydrogen) atoms. The summed E-state index contributed by atoms with van der Waals surface area (Å²) in [5.74, 6) is -0.391. The van der Waals surface area contributed by atoms with Gasteiger partial charge in [-0.3, -0.25) is 4.79 Å². The third kappa shape index (κ3) is 3.98. The second kappa shape index (κ2) is 7.66. The number of carbonyl (C=O) groups is 1. The fourth-order valence-corrected chi connectivity index (χ4v) is 4.22. The highest BCUT2D eigenvalue weighted by Gasteiger charge is 2.15. The molecule has 2 aromatic rings. The fourth-order valence-electron chi connectivity index (χ4n) is 2.88. The average molecular weight is 455 g/mol. The van der Waals surface area contributed by atoms with E-state index in [0.29, 0.717) is 22.0 Å². The lowest BCUT2D eigenvalue weighted by Gasteiger charge is -2.12. The number of carbonyl (C=O) groups excluding carboxylic acids is 1. The van der Waals surface area contributed by atoms with Crippen LogP contribution in [-0.2, 0) is 0 Å². The van der Waals surface area contributed by atoms with Gasteiger partial charge in [-0.1, -0.05) is 27.6 Å². The van der Waals surface area contributed by atoms with Crippen molar-refractivity contribution in [1.29, 1.82) is 0 Å². The minimum Gasteiger partial charge on any atom is -0.421 e. The van der Waals surface area contributed by atoms with Gasteiger partial charge in [0, 0.05) is 16.4 Å². The summed E-state index contributed by atoms with van der Waals surface area (Å²) in [7, 11) is 0. The van der Waals surface area contributed by atoms with E-state index in [2.05, 4.69) is 43.3 Å². The molecular weight excluding hydrogens is 438 g/mol. The Balaban J connectivity index is 1.75. The molecule has 0 fully saturated rings. The first-order valence-electron chi connectivity index (χ1n) is 7.93. The number of benzene rings is 1. The van der Waals surface area contributed by atoms with Crippen molar-refractivity contribution in [3.05, 3.63) is 54.8 Å². The Morgan fingerprint density at radius 2 is 2.04 bits per heavy atom. The molecule has 0 unspecified atom stereocenters. The summed E-state index contributed by atoms with van der Waals surface area (Å²) in [4.78, 5) is 24.4. The normalized spacial score (nSPS) is 14.5. The molecule has 0 radical (unpaired) electrons. The molecule has 4 nitrogen and oxygen atoms in total. The smallest absolute Gasteiger partial charge is 0.349 e. The summed E-state index contributed by atoms with van der Waals surface area (Å²) in [6.07, 6.45) is 7.80. The molecule has 1 N–H and O–H groups in total. The molecule has 0 bridgehead atoms. The van der Waals surface area contributed by atoms with E-state index < -0.39 is 11.5 Å². The summed E-state index contributed by atoms with van der Waals surface area (Å²) in [6, 6.07) is 5.18. The van der Waals surface area contributed by atoms with Crippen molar-refractivity contribution in [2.24, 2.45) is 0 Å². The standard InChI is InChI=1S/C18H17Br2NO3/c19-13-8-12-9-14(18(23)24-16(12)15(20)10-13)17(22)21-7-6-11-4-2-1-3-5-11/h4,8-10H,1-3,5-7H2,(H,21,22). The maximum absolute atomic E-state index is 12.3. The molecule has 3 rings (SSSR count).